The number of carbonyl (C=O) groups excluding carboxylic acids is 1. The van der Waals surface area contributed by atoms with Crippen LogP contribution in [0.15, 0.2) is 71.6 Å². The summed E-state index contributed by atoms with van der Waals surface area (Å²) in [4.78, 5) is 16.8. The van der Waals surface area contributed by atoms with Crippen LogP contribution in [0.2, 0.25) is 0 Å². The second kappa shape index (κ2) is 7.20. The van der Waals surface area contributed by atoms with Gasteiger partial charge in [-0.3, -0.25) is 9.78 Å². The summed E-state index contributed by atoms with van der Waals surface area (Å²) >= 11 is 0. The molecular formula is C19H14FN5O2. The quantitative estimate of drug-likeness (QED) is 0.589. The number of benzene rings is 1. The first-order valence-corrected chi connectivity index (χ1v) is 8.15. The van der Waals surface area contributed by atoms with Crippen molar-refractivity contribution in [2.75, 3.05) is 0 Å². The zero-order valence-electron chi connectivity index (χ0n) is 14.0. The van der Waals surface area contributed by atoms with Crippen molar-refractivity contribution in [2.45, 2.75) is 6.54 Å². The molecule has 4 rings (SSSR count). The van der Waals surface area contributed by atoms with Crippen molar-refractivity contribution in [3.8, 4) is 16.9 Å². The Bertz CT molecular complexity index is 1040. The second-order valence-corrected chi connectivity index (χ2v) is 5.68. The van der Waals surface area contributed by atoms with Crippen LogP contribution in [0.5, 0.6) is 0 Å². The summed E-state index contributed by atoms with van der Waals surface area (Å²) in [7, 11) is 0. The third-order valence-corrected chi connectivity index (χ3v) is 3.89. The highest BCUT2D eigenvalue weighted by molar-refractivity contribution is 5.98. The topological polar surface area (TPSA) is 85.8 Å². The summed E-state index contributed by atoms with van der Waals surface area (Å²) in [6.45, 7) is 0.224. The third kappa shape index (κ3) is 3.45. The first-order valence-electron chi connectivity index (χ1n) is 8.15. The average molecular weight is 363 g/mol. The summed E-state index contributed by atoms with van der Waals surface area (Å²) < 4.78 is 20.0. The van der Waals surface area contributed by atoms with Crippen molar-refractivity contribution in [1.29, 1.82) is 0 Å². The molecule has 0 bridgehead atoms. The van der Waals surface area contributed by atoms with Gasteiger partial charge in [0.15, 0.2) is 5.69 Å². The van der Waals surface area contributed by atoms with Crippen LogP contribution >= 0.6 is 0 Å². The molecule has 8 heteroatoms. The number of pyridine rings is 1. The van der Waals surface area contributed by atoms with Crippen LogP contribution in [0.1, 0.15) is 16.2 Å². The highest BCUT2D eigenvalue weighted by atomic mass is 19.1. The van der Waals surface area contributed by atoms with Crippen molar-refractivity contribution < 1.29 is 13.6 Å². The monoisotopic (exact) mass is 363 g/mol. The Kier molecular flexibility index (Phi) is 4.44. The van der Waals surface area contributed by atoms with Gasteiger partial charge in [0.2, 0.25) is 0 Å². The Labute approximate surface area is 153 Å². The Morgan fingerprint density at radius 2 is 2.00 bits per heavy atom. The lowest BCUT2D eigenvalue weighted by Crippen LogP contribution is -2.23. The molecule has 4 aromatic rings. The van der Waals surface area contributed by atoms with Gasteiger partial charge in [-0.25, -0.2) is 9.07 Å². The number of halogens is 1. The maximum absolute atomic E-state index is 13.3. The molecule has 1 N–H and O–H groups in total. The third-order valence-electron chi connectivity index (χ3n) is 3.89. The molecule has 3 aromatic heterocycles. The maximum atomic E-state index is 13.3. The van der Waals surface area contributed by atoms with E-state index in [1.54, 1.807) is 48.8 Å². The molecule has 27 heavy (non-hydrogen) atoms. The minimum absolute atomic E-state index is 0.138. The number of rotatable bonds is 5. The van der Waals surface area contributed by atoms with Gasteiger partial charge in [0, 0.05) is 18.0 Å². The predicted octanol–water partition coefficient (Wildman–Crippen LogP) is 2.99. The van der Waals surface area contributed by atoms with Crippen LogP contribution < -0.4 is 5.32 Å². The number of carbonyl (C=O) groups is 1. The Balaban J connectivity index is 1.73. The molecule has 0 spiro atoms. The smallest absolute Gasteiger partial charge is 0.274 e. The molecular weight excluding hydrogens is 349 g/mol. The van der Waals surface area contributed by atoms with Gasteiger partial charge in [0.25, 0.3) is 5.91 Å². The SMILES string of the molecule is O=C(NCc1ccco1)c1nnn(-c2ccc(F)cc2)c1-c1cccnc1. The highest BCUT2D eigenvalue weighted by Crippen LogP contribution is 2.24. The molecule has 0 radical (unpaired) electrons. The number of nitrogens with one attached hydrogen (secondary N) is 1. The van der Waals surface area contributed by atoms with E-state index in [0.717, 1.165) is 0 Å². The predicted molar refractivity (Wildman–Crippen MR) is 94.4 cm³/mol. The Morgan fingerprint density at radius 1 is 1.15 bits per heavy atom. The normalized spacial score (nSPS) is 10.7. The van der Waals surface area contributed by atoms with Gasteiger partial charge < -0.3 is 9.73 Å². The van der Waals surface area contributed by atoms with Crippen molar-refractivity contribution in [2.24, 2.45) is 0 Å². The molecule has 0 saturated heterocycles. The average Bonchev–Trinajstić information content (AvgIpc) is 3.37. The lowest BCUT2D eigenvalue weighted by Gasteiger charge is -2.08. The number of nitrogens with zero attached hydrogens (tertiary/aromatic N) is 4. The lowest BCUT2D eigenvalue weighted by molar-refractivity contribution is 0.0943. The zero-order valence-corrected chi connectivity index (χ0v) is 14.0. The molecule has 134 valence electrons. The molecule has 0 saturated carbocycles. The number of amides is 1. The van der Waals surface area contributed by atoms with E-state index in [0.29, 0.717) is 22.7 Å². The minimum atomic E-state index is -0.404. The van der Waals surface area contributed by atoms with Crippen molar-refractivity contribution in [1.82, 2.24) is 25.3 Å². The van der Waals surface area contributed by atoms with Crippen LogP contribution in [0.25, 0.3) is 16.9 Å². The van der Waals surface area contributed by atoms with Gasteiger partial charge in [0.05, 0.1) is 18.5 Å². The fourth-order valence-corrected chi connectivity index (χ4v) is 2.62. The van der Waals surface area contributed by atoms with E-state index >= 15 is 0 Å². The number of hydrogen-bond donors (Lipinski definition) is 1. The van der Waals surface area contributed by atoms with E-state index in [1.807, 2.05) is 0 Å². The van der Waals surface area contributed by atoms with E-state index in [1.165, 1.54) is 23.1 Å². The Morgan fingerprint density at radius 3 is 2.70 bits per heavy atom. The fraction of sp³-hybridized carbons (Fsp3) is 0.0526. The highest BCUT2D eigenvalue weighted by Gasteiger charge is 2.22. The van der Waals surface area contributed by atoms with E-state index in [2.05, 4.69) is 20.6 Å². The van der Waals surface area contributed by atoms with Gasteiger partial charge in [-0.05, 0) is 48.5 Å². The summed E-state index contributed by atoms with van der Waals surface area (Å²) in [5.74, 6) is -0.144. The van der Waals surface area contributed by atoms with Crippen LogP contribution in [0.3, 0.4) is 0 Å². The van der Waals surface area contributed by atoms with E-state index in [4.69, 9.17) is 4.42 Å². The summed E-state index contributed by atoms with van der Waals surface area (Å²) in [5, 5.41) is 10.9. The van der Waals surface area contributed by atoms with Crippen LogP contribution in [-0.4, -0.2) is 25.9 Å². The van der Waals surface area contributed by atoms with Crippen LogP contribution in [0, 0.1) is 5.82 Å². The molecule has 0 unspecified atom stereocenters. The van der Waals surface area contributed by atoms with E-state index in [-0.39, 0.29) is 18.1 Å². The lowest BCUT2D eigenvalue weighted by atomic mass is 10.1. The molecule has 3 heterocycles. The number of hydrogen-bond acceptors (Lipinski definition) is 5. The van der Waals surface area contributed by atoms with Crippen LogP contribution in [0.4, 0.5) is 4.39 Å². The fourth-order valence-electron chi connectivity index (χ4n) is 2.62. The van der Waals surface area contributed by atoms with E-state index < -0.39 is 5.91 Å². The molecule has 0 aliphatic carbocycles. The van der Waals surface area contributed by atoms with Gasteiger partial charge in [0.1, 0.15) is 17.3 Å². The zero-order chi connectivity index (χ0) is 18.6. The summed E-state index contributed by atoms with van der Waals surface area (Å²) in [6.07, 6.45) is 4.78. The second-order valence-electron chi connectivity index (χ2n) is 5.68. The molecule has 0 atom stereocenters. The van der Waals surface area contributed by atoms with Gasteiger partial charge in [-0.1, -0.05) is 5.21 Å². The van der Waals surface area contributed by atoms with Crippen molar-refractivity contribution in [3.05, 3.63) is 84.5 Å². The molecule has 7 nitrogen and oxygen atoms in total. The van der Waals surface area contributed by atoms with E-state index in [9.17, 15) is 9.18 Å². The van der Waals surface area contributed by atoms with Crippen molar-refractivity contribution in [3.63, 3.8) is 0 Å². The Hall–Kier alpha value is -3.81. The molecule has 1 aromatic carbocycles. The summed E-state index contributed by atoms with van der Waals surface area (Å²) in [6, 6.07) is 12.8. The number of furan rings is 1. The standard InChI is InChI=1S/C19H14FN5O2/c20-14-5-7-15(8-6-14)25-18(13-3-1-9-21-11-13)17(23-24-25)19(26)22-12-16-4-2-10-27-16/h1-11H,12H2,(H,22,26). The van der Waals surface area contributed by atoms with Gasteiger partial charge >= 0.3 is 0 Å². The molecule has 0 aliphatic heterocycles. The number of aromatic nitrogens is 4. The van der Waals surface area contributed by atoms with Crippen LogP contribution in [-0.2, 0) is 6.54 Å². The maximum Gasteiger partial charge on any atom is 0.274 e. The van der Waals surface area contributed by atoms with Gasteiger partial charge in [-0.2, -0.15) is 0 Å². The largest absolute Gasteiger partial charge is 0.467 e. The minimum Gasteiger partial charge on any atom is -0.467 e. The van der Waals surface area contributed by atoms with Gasteiger partial charge in [-0.15, -0.1) is 5.10 Å². The molecule has 0 fully saturated rings. The summed E-state index contributed by atoms with van der Waals surface area (Å²) in [5.41, 5.74) is 1.84. The molecule has 1 amide bonds. The molecule has 0 aliphatic rings. The first kappa shape index (κ1) is 16.6. The first-order chi connectivity index (χ1) is 13.2. The van der Waals surface area contributed by atoms with Crippen molar-refractivity contribution >= 4 is 5.91 Å².